The Kier molecular flexibility index (Phi) is 3.00. The van der Waals surface area contributed by atoms with Crippen LogP contribution < -0.4 is 10.6 Å². The van der Waals surface area contributed by atoms with E-state index in [1.807, 2.05) is 30.5 Å². The average Bonchev–Trinajstić information content (AvgIpc) is 2.47. The molecule has 2 rings (SSSR count). The number of carbonyl (C=O) groups excluding carboxylic acids is 1. The zero-order chi connectivity index (χ0) is 11.4. The van der Waals surface area contributed by atoms with Crippen molar-refractivity contribution >= 4 is 12.2 Å². The van der Waals surface area contributed by atoms with Gasteiger partial charge in [-0.25, -0.2) is 0 Å². The molecule has 0 spiro atoms. The van der Waals surface area contributed by atoms with Gasteiger partial charge < -0.3 is 9.64 Å². The molecule has 0 fully saturated rings. The molecule has 16 heavy (non-hydrogen) atoms. The molecule has 0 bridgehead atoms. The van der Waals surface area contributed by atoms with Crippen LogP contribution in [0.3, 0.4) is 0 Å². The summed E-state index contributed by atoms with van der Waals surface area (Å²) in [6, 6.07) is 7.78. The van der Waals surface area contributed by atoms with Crippen LogP contribution in [0.15, 0.2) is 41.7 Å². The van der Waals surface area contributed by atoms with Crippen LogP contribution in [0.2, 0.25) is 0 Å². The molecular formula is C12H12N2O2. The number of rotatable bonds is 2. The lowest BCUT2D eigenvalue weighted by Gasteiger charge is -2.13. The van der Waals surface area contributed by atoms with Crippen molar-refractivity contribution < 1.29 is 9.53 Å². The van der Waals surface area contributed by atoms with Crippen LogP contribution >= 0.6 is 0 Å². The Labute approximate surface area is 93.2 Å². The van der Waals surface area contributed by atoms with Gasteiger partial charge in [-0.1, -0.05) is 18.2 Å². The summed E-state index contributed by atoms with van der Waals surface area (Å²) in [5, 5.41) is 1.91. The number of para-hydroxylation sites is 1. The van der Waals surface area contributed by atoms with Crippen molar-refractivity contribution in [2.24, 2.45) is 4.99 Å². The minimum atomic E-state index is -0.295. The van der Waals surface area contributed by atoms with Gasteiger partial charge in [0.1, 0.15) is 0 Å². The Bertz CT molecular complexity index is 534. The first kappa shape index (κ1) is 10.4. The van der Waals surface area contributed by atoms with Crippen LogP contribution in [-0.2, 0) is 9.53 Å². The molecule has 0 saturated heterocycles. The van der Waals surface area contributed by atoms with Crippen LogP contribution in [0.1, 0.15) is 6.92 Å². The molecule has 1 aromatic rings. The Morgan fingerprint density at radius 2 is 2.25 bits per heavy atom. The Balaban J connectivity index is 2.26. The van der Waals surface area contributed by atoms with Crippen LogP contribution in [0.4, 0.5) is 0 Å². The fourth-order valence-electron chi connectivity index (χ4n) is 1.38. The van der Waals surface area contributed by atoms with E-state index in [9.17, 15) is 4.79 Å². The zero-order valence-corrected chi connectivity index (χ0v) is 8.96. The van der Waals surface area contributed by atoms with Gasteiger partial charge in [0.25, 0.3) is 0 Å². The summed E-state index contributed by atoms with van der Waals surface area (Å²) < 4.78 is 4.91. The topological polar surface area (TPSA) is 41.9 Å². The van der Waals surface area contributed by atoms with E-state index in [1.54, 1.807) is 17.3 Å². The second kappa shape index (κ2) is 4.61. The molecule has 0 radical (unpaired) electrons. The third-order valence-corrected chi connectivity index (χ3v) is 2.13. The van der Waals surface area contributed by atoms with Crippen molar-refractivity contribution in [3.63, 3.8) is 0 Å². The maximum atomic E-state index is 10.7. The normalized spacial score (nSPS) is 13.2. The maximum Gasteiger partial charge on any atom is 0.304 e. The Morgan fingerprint density at radius 1 is 1.44 bits per heavy atom. The van der Waals surface area contributed by atoms with Gasteiger partial charge in [-0.15, -0.1) is 0 Å². The molecule has 4 nitrogen and oxygen atoms in total. The van der Waals surface area contributed by atoms with Gasteiger partial charge in [-0.05, 0) is 6.07 Å². The number of nitrogens with zero attached hydrogens (tertiary/aromatic N) is 2. The van der Waals surface area contributed by atoms with Crippen molar-refractivity contribution in [3.8, 4) is 0 Å². The molecule has 4 heteroatoms. The molecule has 0 amide bonds. The number of hydrogen-bond acceptors (Lipinski definition) is 4. The Morgan fingerprint density at radius 3 is 3.06 bits per heavy atom. The van der Waals surface area contributed by atoms with Crippen molar-refractivity contribution in [1.29, 1.82) is 0 Å². The number of esters is 1. The van der Waals surface area contributed by atoms with Gasteiger partial charge in [0, 0.05) is 30.7 Å². The number of carbonyl (C=O) groups is 1. The minimum Gasteiger partial charge on any atom is -0.444 e. The number of fused-ring (bicyclic) bond motifs is 1. The highest BCUT2D eigenvalue weighted by Gasteiger charge is 2.00. The van der Waals surface area contributed by atoms with Crippen LogP contribution in [0.25, 0.3) is 6.20 Å². The summed E-state index contributed by atoms with van der Waals surface area (Å²) in [6.07, 6.45) is 5.35. The first-order valence-electron chi connectivity index (χ1n) is 4.96. The summed E-state index contributed by atoms with van der Waals surface area (Å²) in [7, 11) is 0. The standard InChI is InChI=1S/C12H12N2O2/c1-10(15)16-9-14-7-6-13-12-5-3-2-4-11(12)8-14/h2-8H,9H2,1H3. The quantitative estimate of drug-likeness (QED) is 0.670. The van der Waals surface area contributed by atoms with Crippen molar-refractivity contribution in [3.05, 3.63) is 47.2 Å². The highest BCUT2D eigenvalue weighted by Crippen LogP contribution is 1.94. The summed E-state index contributed by atoms with van der Waals surface area (Å²) in [4.78, 5) is 16.8. The van der Waals surface area contributed by atoms with Gasteiger partial charge >= 0.3 is 5.97 Å². The van der Waals surface area contributed by atoms with Crippen molar-refractivity contribution in [2.45, 2.75) is 6.92 Å². The summed E-state index contributed by atoms with van der Waals surface area (Å²) in [5.41, 5.74) is 0. The Hall–Kier alpha value is -2.10. The first-order chi connectivity index (χ1) is 7.75. The van der Waals surface area contributed by atoms with E-state index in [4.69, 9.17) is 4.74 Å². The average molecular weight is 216 g/mol. The number of ether oxygens (including phenoxy) is 1. The molecule has 0 N–H and O–H groups in total. The summed E-state index contributed by atoms with van der Waals surface area (Å²) >= 11 is 0. The highest BCUT2D eigenvalue weighted by atomic mass is 16.5. The molecule has 0 saturated carbocycles. The van der Waals surface area contributed by atoms with E-state index in [1.165, 1.54) is 6.92 Å². The molecule has 0 atom stereocenters. The molecule has 1 heterocycles. The van der Waals surface area contributed by atoms with Crippen LogP contribution in [-0.4, -0.2) is 17.6 Å². The minimum absolute atomic E-state index is 0.204. The molecule has 0 unspecified atom stereocenters. The van der Waals surface area contributed by atoms with Gasteiger partial charge in [-0.3, -0.25) is 9.79 Å². The van der Waals surface area contributed by atoms with E-state index in [0.29, 0.717) is 0 Å². The van der Waals surface area contributed by atoms with Gasteiger partial charge in [0.05, 0.1) is 5.36 Å². The fourth-order valence-corrected chi connectivity index (χ4v) is 1.38. The largest absolute Gasteiger partial charge is 0.444 e. The number of benzene rings is 1. The lowest BCUT2D eigenvalue weighted by Crippen LogP contribution is -2.27. The monoisotopic (exact) mass is 216 g/mol. The molecule has 1 aliphatic rings. The summed E-state index contributed by atoms with van der Waals surface area (Å²) in [5.74, 6) is -0.295. The van der Waals surface area contributed by atoms with Crippen LogP contribution in [0.5, 0.6) is 0 Å². The SMILES string of the molecule is CC(=O)OCN1C=CN=c2ccccc2=C1. The predicted octanol–water partition coefficient (Wildman–Crippen LogP) is 0.352. The third kappa shape index (κ3) is 2.48. The van der Waals surface area contributed by atoms with Gasteiger partial charge in [0.2, 0.25) is 0 Å². The number of hydrogen-bond donors (Lipinski definition) is 0. The third-order valence-electron chi connectivity index (χ3n) is 2.13. The van der Waals surface area contributed by atoms with Gasteiger partial charge in [0.15, 0.2) is 6.73 Å². The molecule has 1 aliphatic heterocycles. The maximum absolute atomic E-state index is 10.7. The second-order valence-corrected chi connectivity index (χ2v) is 3.39. The lowest BCUT2D eigenvalue weighted by atomic mass is 10.3. The van der Waals surface area contributed by atoms with E-state index < -0.39 is 0 Å². The smallest absolute Gasteiger partial charge is 0.304 e. The molecular weight excluding hydrogens is 204 g/mol. The van der Waals surface area contributed by atoms with E-state index in [-0.39, 0.29) is 12.7 Å². The van der Waals surface area contributed by atoms with Crippen LogP contribution in [0, 0.1) is 0 Å². The first-order valence-corrected chi connectivity index (χ1v) is 4.96. The highest BCUT2D eigenvalue weighted by molar-refractivity contribution is 5.65. The second-order valence-electron chi connectivity index (χ2n) is 3.39. The molecule has 0 aromatic heterocycles. The molecule has 0 aliphatic carbocycles. The van der Waals surface area contributed by atoms with Crippen molar-refractivity contribution in [2.75, 3.05) is 6.73 Å². The molecule has 1 aromatic carbocycles. The lowest BCUT2D eigenvalue weighted by molar-refractivity contribution is -0.143. The van der Waals surface area contributed by atoms with E-state index >= 15 is 0 Å². The van der Waals surface area contributed by atoms with E-state index in [0.717, 1.165) is 10.6 Å². The van der Waals surface area contributed by atoms with Gasteiger partial charge in [-0.2, -0.15) is 0 Å². The van der Waals surface area contributed by atoms with Crippen molar-refractivity contribution in [1.82, 2.24) is 4.90 Å². The fraction of sp³-hybridized carbons (Fsp3) is 0.167. The molecule has 82 valence electrons. The van der Waals surface area contributed by atoms with E-state index in [2.05, 4.69) is 4.99 Å². The zero-order valence-electron chi connectivity index (χ0n) is 8.96. The summed E-state index contributed by atoms with van der Waals surface area (Å²) in [6.45, 7) is 1.59. The predicted molar refractivity (Wildman–Crippen MR) is 59.3 cm³/mol.